The molecule has 0 aromatic rings. The molecule has 4 rings (SSSR count). The van der Waals surface area contributed by atoms with E-state index in [1.54, 1.807) is 49.0 Å². The number of fused-ring (bicyclic) bond motifs is 3. The van der Waals surface area contributed by atoms with Crippen molar-refractivity contribution in [3.63, 3.8) is 0 Å². The summed E-state index contributed by atoms with van der Waals surface area (Å²) in [5.74, 6) is 118. The second-order valence-electron chi connectivity index (χ2n) is 27.3. The third kappa shape index (κ3) is 52.0. The van der Waals surface area contributed by atoms with Crippen LogP contribution < -0.4 is 5.64 Å². The molecule has 2 saturated heterocycles. The smallest absolute Gasteiger partial charge is 0.329 e. The standard InChI is InChI=1S/C52H85NO12.C52H6.H3NO12.39H2/c1-10-11-12-13-14-15-16-17-18-21-39-27-33(2)26-34(3)28-45(62-8)48-46(63-9)30-36(5)52(60,65-48)49(57)50(58)53-25-20-19-22-40(53)51(59)64-47(37(6)42(55)32-43(39)56)35(4)29-38-23-24-41(54)44(31-38)61-7;1-3-5-7-9-11-13-15-17-19-21-23-25-27-29-31-33-35-37-39-41-43-45-47-49-51-52-50-48-46-44-42-40-38-36-34-32-30-28-26-24-22-20-18-16-14-12-10-8-6-4-2;2-6-10-12-8-4-1-5-9-13-11-7-3;;;;;;;;;;;;;;;;;;;;;;;;;;;;;;;;;;;;;;;/h17-18,27,29,34,36-42,44-48,54-55,60H,10-16,19-26,28,30-32H2,1-9H3;1-2H3;1-3H;39*1H/b18-17+,33-27+,35-29+;;;;;;;;;;;;;;;;;;;;;;;;;;;;;;;;;;;;;;;;;/t34-,36+,37+,38-,39+,40-,41+,42-,44+,45-,46-,47+,48+,52+;;;;;;;;;;;;;;;;;;;;;;;;;;;;;;;;;;;;;;;;;/m0........................................./s1. The number of piperidine rings is 1. The van der Waals surface area contributed by atoms with Crippen LogP contribution in [0.3, 0.4) is 0 Å². The van der Waals surface area contributed by atoms with Gasteiger partial charge < -0.3 is 43.9 Å². The Labute approximate surface area is 821 Å². The number of ketones is 2. The zero-order valence-corrected chi connectivity index (χ0v) is 73.7. The SMILES string of the molecule is CC#CC#CC#CC#CC#CC#CC#CC#CC#CC#CC#CC#CC#CC#CC#CC#CC#CC#CC#CC#CC#CC#CC#CC#CC#CC.CCCCCCCC/C=C/C[C@@H]1/C=C(\C)C[C@H](C)C[C@H](OC)[C@H]2O[C@@](O)(C(=O)C(=O)N3CCCC[C@H]3C(=O)O[C@H](/C(C)=C/[C@@H]3CC[C@@H](O)[C@H](OC)C3)[C@H](C)[C@@H](O)CC1=O)[C@H](C)C[C@@H]2OC.OOOOOONOOOOOO.[HH].[HH].[HH].[HH].[HH].[HH].[HH].[HH].[HH].[HH].[HH].[HH].[HH].[HH].[HH].[HH].[HH].[HH].[HH].[HH].[HH].[HH].[HH].[HH].[HH].[HH].[HH].[HH].[HH].[HH].[HH].[HH].[HH].[HH].[HH].[HH].[HH].[HH].[HH]. The van der Waals surface area contributed by atoms with E-state index in [0.717, 1.165) is 18.4 Å². The average molecular weight is 1830 g/mol. The first-order valence-corrected chi connectivity index (χ1v) is 40.3. The molecule has 2 bridgehead atoms. The van der Waals surface area contributed by atoms with Crippen LogP contribution in [-0.2, 0) is 93.1 Å². The monoisotopic (exact) mass is 1830 g/mol. The lowest BCUT2D eigenvalue weighted by Gasteiger charge is -2.47. The maximum atomic E-state index is 14.5. The van der Waals surface area contributed by atoms with Gasteiger partial charge in [-0.1, -0.05) is 111 Å². The number of cyclic esters (lactones) is 1. The molecule has 3 fully saturated rings. The zero-order valence-electron chi connectivity index (χ0n) is 73.7. The highest BCUT2D eigenvalue weighted by Gasteiger charge is 2.57. The van der Waals surface area contributed by atoms with E-state index >= 15 is 0 Å². The number of nitrogens with zero attached hydrogens (tertiary/aromatic N) is 1. The zero-order chi connectivity index (χ0) is 95.0. The Morgan fingerprint density at radius 2 is 0.915 bits per heavy atom. The molecule has 3 aliphatic heterocycles. The van der Waals surface area contributed by atoms with Crippen molar-refractivity contribution in [1.29, 1.82) is 0 Å². The molecule has 26 nitrogen and oxygen atoms in total. The number of esters is 1. The highest BCUT2D eigenvalue weighted by atomic mass is 17.9. The van der Waals surface area contributed by atoms with Gasteiger partial charge in [-0.05, 0) is 263 Å². The van der Waals surface area contributed by atoms with E-state index in [0.29, 0.717) is 56.9 Å². The number of amides is 1. The molecule has 26 heteroatoms. The highest BCUT2D eigenvalue weighted by molar-refractivity contribution is 6.39. The molecule has 0 aromatic carbocycles. The fourth-order valence-corrected chi connectivity index (χ4v) is 12.3. The second kappa shape index (κ2) is 74.9. The minimum atomic E-state index is -2.51. The number of ether oxygens (including phenoxy) is 5. The van der Waals surface area contributed by atoms with Gasteiger partial charge in [-0.15, -0.1) is 0 Å². The molecular formula is C104H172N2O24. The molecule has 6 N–H and O–H groups in total. The quantitative estimate of drug-likeness (QED) is 0.00994. The molecule has 1 saturated carbocycles. The van der Waals surface area contributed by atoms with Crippen LogP contribution in [0.2, 0.25) is 0 Å². The fourth-order valence-electron chi connectivity index (χ4n) is 12.3. The van der Waals surface area contributed by atoms with Gasteiger partial charge in [-0.25, -0.2) is 15.3 Å². The van der Waals surface area contributed by atoms with Crippen molar-refractivity contribution in [3.8, 4) is 296 Å². The van der Waals surface area contributed by atoms with Crippen molar-refractivity contribution in [3.05, 3.63) is 35.5 Å². The third-order valence-electron chi connectivity index (χ3n) is 18.2. The van der Waals surface area contributed by atoms with Gasteiger partial charge in [0.25, 0.3) is 11.7 Å². The van der Waals surface area contributed by atoms with Crippen LogP contribution >= 0.6 is 0 Å². The molecule has 0 aromatic heterocycles. The summed E-state index contributed by atoms with van der Waals surface area (Å²) in [5, 5.41) is 75.5. The summed E-state index contributed by atoms with van der Waals surface area (Å²) in [6.45, 7) is 15.0. The molecule has 14 atom stereocenters. The fraction of sp³-hybridized carbons (Fsp3) is 0.423. The van der Waals surface area contributed by atoms with E-state index in [1.165, 1.54) is 42.6 Å². The van der Waals surface area contributed by atoms with Gasteiger partial charge in [-0.3, -0.25) is 14.4 Å². The second-order valence-corrected chi connectivity index (χ2v) is 27.3. The number of aliphatic hydroxyl groups excluding tert-OH is 2. The molecule has 3 heterocycles. The third-order valence-corrected chi connectivity index (χ3v) is 18.2. The number of hydrogen-bond donors (Lipinski definition) is 6. The van der Waals surface area contributed by atoms with E-state index in [4.69, 9.17) is 34.2 Å². The van der Waals surface area contributed by atoms with Crippen molar-refractivity contribution in [2.75, 3.05) is 27.9 Å². The normalized spacial score (nSPS) is 21.4. The molecule has 0 radical (unpaired) electrons. The number of nitrogens with one attached hydrogen (secondary N) is 1. The van der Waals surface area contributed by atoms with E-state index < -0.39 is 83.9 Å². The molecular weight excluding hydrogens is 1660 g/mol. The minimum Gasteiger partial charge on any atom is -0.456 e. The summed E-state index contributed by atoms with van der Waals surface area (Å²) in [5.41, 5.74) is 3.04. The van der Waals surface area contributed by atoms with Crippen LogP contribution in [0.1, 0.15) is 227 Å². The molecule has 1 amide bonds. The lowest BCUT2D eigenvalue weighted by atomic mass is 9.81. The number of hydrogen-bond acceptors (Lipinski definition) is 25. The van der Waals surface area contributed by atoms with Crippen molar-refractivity contribution < 1.29 is 175 Å². The Hall–Kier alpha value is -14.3. The van der Waals surface area contributed by atoms with Gasteiger partial charge in [-0.2, -0.15) is 0 Å². The van der Waals surface area contributed by atoms with Gasteiger partial charge >= 0.3 is 5.97 Å². The Morgan fingerprint density at radius 3 is 1.32 bits per heavy atom. The van der Waals surface area contributed by atoms with E-state index in [1.807, 2.05) is 26.0 Å². The first-order chi connectivity index (χ1) is 63.3. The Balaban J connectivity index is -0.0000000425. The van der Waals surface area contributed by atoms with Gasteiger partial charge in [0.2, 0.25) is 5.79 Å². The van der Waals surface area contributed by atoms with E-state index in [2.05, 4.69) is 372 Å². The Morgan fingerprint density at radius 1 is 0.508 bits per heavy atom. The van der Waals surface area contributed by atoms with Gasteiger partial charge in [0, 0.05) is 297 Å². The van der Waals surface area contributed by atoms with Crippen molar-refractivity contribution >= 4 is 23.4 Å². The molecule has 0 unspecified atom stereocenters. The number of Topliss-reactive ketones (excluding diaryl/α,β-unsaturated/α-hetero) is 2. The van der Waals surface area contributed by atoms with Crippen LogP contribution in [0.4, 0.5) is 0 Å². The maximum absolute atomic E-state index is 14.5. The number of carbonyl (C=O) groups is 4. The van der Waals surface area contributed by atoms with Gasteiger partial charge in [0.1, 0.15) is 24.0 Å². The van der Waals surface area contributed by atoms with Crippen LogP contribution in [0.15, 0.2) is 35.5 Å². The van der Waals surface area contributed by atoms with Gasteiger partial charge in [0.05, 0.1) is 30.5 Å². The van der Waals surface area contributed by atoms with Crippen LogP contribution in [-0.4, -0.2) is 137 Å². The maximum Gasteiger partial charge on any atom is 0.329 e. The van der Waals surface area contributed by atoms with Crippen molar-refractivity contribution in [2.45, 2.75) is 226 Å². The number of aliphatic hydroxyl groups is 3. The Bertz CT molecular complexity index is 5590. The average Bonchev–Trinajstić information content (AvgIpc) is 0.813. The molecule has 4 aliphatic rings. The molecule has 742 valence electrons. The molecule has 0 spiro atoms. The number of allylic oxidation sites excluding steroid dienone is 5. The predicted molar refractivity (Wildman–Crippen MR) is 557 cm³/mol. The predicted octanol–water partition coefficient (Wildman–Crippen LogP) is 17.3. The lowest BCUT2D eigenvalue weighted by Crippen LogP contribution is -2.64. The number of rotatable bonds is 24. The number of carbonyl (C=O) groups excluding carboxylic acids is 4. The first kappa shape index (κ1) is 112. The summed E-state index contributed by atoms with van der Waals surface area (Å²) in [4.78, 5) is 66.0. The highest BCUT2D eigenvalue weighted by Crippen LogP contribution is 2.40. The number of methoxy groups -OCH3 is 3. The Kier molecular flexibility index (Phi) is 64.4. The first-order valence-electron chi connectivity index (χ1n) is 40.3. The molecule has 130 heavy (non-hydrogen) atoms. The van der Waals surface area contributed by atoms with Crippen LogP contribution in [0.5, 0.6) is 0 Å². The summed E-state index contributed by atoms with van der Waals surface area (Å²) in [7, 11) is 4.66. The largest absolute Gasteiger partial charge is 0.456 e. The van der Waals surface area contributed by atoms with Crippen molar-refractivity contribution in [2.24, 2.45) is 29.6 Å². The summed E-state index contributed by atoms with van der Waals surface area (Å²) >= 11 is 0. The van der Waals surface area contributed by atoms with Crippen LogP contribution in [0.25, 0.3) is 0 Å². The molecule has 1 aliphatic carbocycles. The summed E-state index contributed by atoms with van der Waals surface area (Å²) in [6.07, 6.45) is 15.9. The van der Waals surface area contributed by atoms with E-state index in [-0.39, 0.29) is 105 Å². The summed E-state index contributed by atoms with van der Waals surface area (Å²) < 4.78 is 30.1. The minimum absolute atomic E-state index is 0. The van der Waals surface area contributed by atoms with E-state index in [9.17, 15) is 34.5 Å². The van der Waals surface area contributed by atoms with Crippen LogP contribution in [0, 0.1) is 326 Å². The topological polar surface area (TPSA) is 323 Å². The summed E-state index contributed by atoms with van der Waals surface area (Å²) in [6, 6.07) is -1.14. The van der Waals surface area contributed by atoms with Crippen molar-refractivity contribution in [1.82, 2.24) is 10.5 Å². The van der Waals surface area contributed by atoms with Gasteiger partial charge in [0.15, 0.2) is 0 Å². The lowest BCUT2D eigenvalue weighted by molar-refractivity contribution is -0.792. The number of unbranched alkanes of at least 4 members (excludes halogenated alkanes) is 6.